The SMILES string of the molecule is COc1ccc(C(N)c2nccn2CC(C)O)cc1OC. The zero-order valence-electron chi connectivity index (χ0n) is 12.5. The van der Waals surface area contributed by atoms with E-state index in [1.165, 1.54) is 0 Å². The molecule has 1 heterocycles. The third-order valence-electron chi connectivity index (χ3n) is 3.25. The molecule has 0 fully saturated rings. The third kappa shape index (κ3) is 3.34. The first kappa shape index (κ1) is 15.3. The lowest BCUT2D eigenvalue weighted by atomic mass is 10.1. The van der Waals surface area contributed by atoms with Crippen molar-refractivity contribution >= 4 is 0 Å². The minimum absolute atomic E-state index is 0.404. The van der Waals surface area contributed by atoms with Gasteiger partial charge in [-0.15, -0.1) is 0 Å². The molecule has 0 bridgehead atoms. The van der Waals surface area contributed by atoms with E-state index in [9.17, 15) is 5.11 Å². The summed E-state index contributed by atoms with van der Waals surface area (Å²) >= 11 is 0. The number of methoxy groups -OCH3 is 2. The Morgan fingerprint density at radius 1 is 1.29 bits per heavy atom. The number of hydrogen-bond donors (Lipinski definition) is 2. The van der Waals surface area contributed by atoms with Gasteiger partial charge in [0.15, 0.2) is 11.5 Å². The minimum Gasteiger partial charge on any atom is -0.493 e. The molecule has 0 aliphatic carbocycles. The lowest BCUT2D eigenvalue weighted by Gasteiger charge is -2.17. The Bertz CT molecular complexity index is 596. The van der Waals surface area contributed by atoms with E-state index >= 15 is 0 Å². The van der Waals surface area contributed by atoms with Crippen molar-refractivity contribution in [2.24, 2.45) is 5.73 Å². The number of nitrogens with two attached hydrogens (primary N) is 1. The highest BCUT2D eigenvalue weighted by molar-refractivity contribution is 5.44. The second-order valence-corrected chi connectivity index (χ2v) is 4.88. The van der Waals surface area contributed by atoms with E-state index in [4.69, 9.17) is 15.2 Å². The van der Waals surface area contributed by atoms with Crippen LogP contribution in [0.2, 0.25) is 0 Å². The van der Waals surface area contributed by atoms with Gasteiger partial charge in [-0.1, -0.05) is 6.07 Å². The molecule has 2 rings (SSSR count). The van der Waals surface area contributed by atoms with E-state index < -0.39 is 12.1 Å². The molecule has 0 saturated heterocycles. The Kier molecular flexibility index (Phi) is 4.82. The summed E-state index contributed by atoms with van der Waals surface area (Å²) < 4.78 is 12.4. The zero-order valence-corrected chi connectivity index (χ0v) is 12.5. The largest absolute Gasteiger partial charge is 0.493 e. The summed E-state index contributed by atoms with van der Waals surface area (Å²) in [5.41, 5.74) is 7.16. The lowest BCUT2D eigenvalue weighted by molar-refractivity contribution is 0.172. The van der Waals surface area contributed by atoms with Crippen molar-refractivity contribution in [2.45, 2.75) is 25.6 Å². The van der Waals surface area contributed by atoms with Crippen LogP contribution in [0.1, 0.15) is 24.4 Å². The second kappa shape index (κ2) is 6.60. The van der Waals surface area contributed by atoms with E-state index in [-0.39, 0.29) is 0 Å². The van der Waals surface area contributed by atoms with Gasteiger partial charge in [-0.25, -0.2) is 4.98 Å². The normalized spacial score (nSPS) is 13.8. The van der Waals surface area contributed by atoms with E-state index in [0.717, 1.165) is 5.56 Å². The molecule has 0 aliphatic heterocycles. The Balaban J connectivity index is 2.32. The maximum absolute atomic E-state index is 9.53. The van der Waals surface area contributed by atoms with Gasteiger partial charge < -0.3 is 24.9 Å². The van der Waals surface area contributed by atoms with Gasteiger partial charge in [-0.2, -0.15) is 0 Å². The average Bonchev–Trinajstić information content (AvgIpc) is 2.92. The highest BCUT2D eigenvalue weighted by Crippen LogP contribution is 2.30. The molecule has 2 aromatic rings. The van der Waals surface area contributed by atoms with E-state index in [1.54, 1.807) is 27.3 Å². The summed E-state index contributed by atoms with van der Waals surface area (Å²) in [5.74, 6) is 1.97. The Hall–Kier alpha value is -2.05. The van der Waals surface area contributed by atoms with Crippen LogP contribution >= 0.6 is 0 Å². The van der Waals surface area contributed by atoms with Crippen molar-refractivity contribution in [3.63, 3.8) is 0 Å². The van der Waals surface area contributed by atoms with Gasteiger partial charge in [0.05, 0.1) is 26.4 Å². The molecule has 6 nitrogen and oxygen atoms in total. The highest BCUT2D eigenvalue weighted by atomic mass is 16.5. The molecule has 0 amide bonds. The summed E-state index contributed by atoms with van der Waals surface area (Å²) in [6, 6.07) is 5.13. The van der Waals surface area contributed by atoms with Crippen molar-refractivity contribution in [3.8, 4) is 11.5 Å². The van der Waals surface area contributed by atoms with Gasteiger partial charge >= 0.3 is 0 Å². The molecule has 1 aromatic heterocycles. The standard InChI is InChI=1S/C15H21N3O3/c1-10(19)9-18-7-6-17-15(18)14(16)11-4-5-12(20-2)13(8-11)21-3/h4-8,10,14,19H,9,16H2,1-3H3. The zero-order chi connectivity index (χ0) is 15.4. The van der Waals surface area contributed by atoms with Crippen molar-refractivity contribution in [3.05, 3.63) is 42.0 Å². The molecule has 2 atom stereocenters. The number of imidazole rings is 1. The maximum Gasteiger partial charge on any atom is 0.161 e. The first-order chi connectivity index (χ1) is 10.1. The molecule has 0 saturated carbocycles. The van der Waals surface area contributed by atoms with Crippen LogP contribution in [0.5, 0.6) is 11.5 Å². The number of ether oxygens (including phenoxy) is 2. The number of hydrogen-bond acceptors (Lipinski definition) is 5. The predicted octanol–water partition coefficient (Wildman–Crippen LogP) is 1.33. The quantitative estimate of drug-likeness (QED) is 0.839. The van der Waals surface area contributed by atoms with Crippen LogP contribution in [0.15, 0.2) is 30.6 Å². The van der Waals surface area contributed by atoms with Gasteiger partial charge in [-0.05, 0) is 24.6 Å². The predicted molar refractivity (Wildman–Crippen MR) is 79.5 cm³/mol. The number of aliphatic hydroxyl groups excluding tert-OH is 1. The molecule has 114 valence electrons. The van der Waals surface area contributed by atoms with Crippen LogP contribution < -0.4 is 15.2 Å². The number of aliphatic hydroxyl groups is 1. The summed E-state index contributed by atoms with van der Waals surface area (Å²) in [5, 5.41) is 9.53. The molecule has 0 radical (unpaired) electrons. The average molecular weight is 291 g/mol. The Morgan fingerprint density at radius 2 is 2.00 bits per heavy atom. The van der Waals surface area contributed by atoms with Crippen LogP contribution in [0.4, 0.5) is 0 Å². The van der Waals surface area contributed by atoms with Gasteiger partial charge in [0, 0.05) is 18.9 Å². The number of rotatable bonds is 6. The molecular formula is C15H21N3O3. The number of nitrogens with zero attached hydrogens (tertiary/aromatic N) is 2. The first-order valence-corrected chi connectivity index (χ1v) is 6.73. The van der Waals surface area contributed by atoms with Crippen LogP contribution in [0, 0.1) is 0 Å². The van der Waals surface area contributed by atoms with E-state index in [0.29, 0.717) is 23.9 Å². The fourth-order valence-electron chi connectivity index (χ4n) is 2.23. The number of aromatic nitrogens is 2. The first-order valence-electron chi connectivity index (χ1n) is 6.73. The highest BCUT2D eigenvalue weighted by Gasteiger charge is 2.17. The molecule has 0 aliphatic rings. The van der Waals surface area contributed by atoms with E-state index in [1.807, 2.05) is 29.0 Å². The van der Waals surface area contributed by atoms with Gasteiger partial charge in [0.2, 0.25) is 0 Å². The third-order valence-corrected chi connectivity index (χ3v) is 3.25. The van der Waals surface area contributed by atoms with Crippen molar-refractivity contribution < 1.29 is 14.6 Å². The van der Waals surface area contributed by atoms with Crippen molar-refractivity contribution in [1.29, 1.82) is 0 Å². The van der Waals surface area contributed by atoms with Crippen LogP contribution in [-0.4, -0.2) is 35.0 Å². The fourth-order valence-corrected chi connectivity index (χ4v) is 2.23. The summed E-state index contributed by atoms with van der Waals surface area (Å²) in [4.78, 5) is 4.30. The van der Waals surface area contributed by atoms with Gasteiger partial charge in [-0.3, -0.25) is 0 Å². The lowest BCUT2D eigenvalue weighted by Crippen LogP contribution is -2.21. The molecule has 3 N–H and O–H groups in total. The topological polar surface area (TPSA) is 82.5 Å². The smallest absolute Gasteiger partial charge is 0.161 e. The molecule has 21 heavy (non-hydrogen) atoms. The summed E-state index contributed by atoms with van der Waals surface area (Å²) in [6.45, 7) is 2.18. The monoisotopic (exact) mass is 291 g/mol. The van der Waals surface area contributed by atoms with Crippen molar-refractivity contribution in [2.75, 3.05) is 14.2 Å². The summed E-state index contributed by atoms with van der Waals surface area (Å²) in [6.07, 6.45) is 3.02. The minimum atomic E-state index is -0.462. The van der Waals surface area contributed by atoms with E-state index in [2.05, 4.69) is 4.98 Å². The van der Waals surface area contributed by atoms with Crippen LogP contribution in [0.3, 0.4) is 0 Å². The van der Waals surface area contributed by atoms with Gasteiger partial charge in [0.1, 0.15) is 5.82 Å². The van der Waals surface area contributed by atoms with Crippen LogP contribution in [-0.2, 0) is 6.54 Å². The molecule has 1 aromatic carbocycles. The number of benzene rings is 1. The van der Waals surface area contributed by atoms with Crippen LogP contribution in [0.25, 0.3) is 0 Å². The molecular weight excluding hydrogens is 270 g/mol. The molecule has 2 unspecified atom stereocenters. The van der Waals surface area contributed by atoms with Crippen molar-refractivity contribution in [1.82, 2.24) is 9.55 Å². The Labute approximate surface area is 124 Å². The molecule has 0 spiro atoms. The second-order valence-electron chi connectivity index (χ2n) is 4.88. The maximum atomic E-state index is 9.53. The fraction of sp³-hybridized carbons (Fsp3) is 0.400. The summed E-state index contributed by atoms with van der Waals surface area (Å²) in [7, 11) is 3.17. The Morgan fingerprint density at radius 3 is 2.62 bits per heavy atom. The van der Waals surface area contributed by atoms with Gasteiger partial charge in [0.25, 0.3) is 0 Å². The molecule has 6 heteroatoms.